The molecule has 6 nitrogen and oxygen atoms in total. The van der Waals surface area contributed by atoms with Gasteiger partial charge in [0.2, 0.25) is 5.91 Å². The minimum Gasteiger partial charge on any atom is -0.478 e. The van der Waals surface area contributed by atoms with Crippen molar-refractivity contribution in [1.82, 2.24) is 5.32 Å². The third-order valence-electron chi connectivity index (χ3n) is 3.93. The number of carboxylic acids is 1. The highest BCUT2D eigenvalue weighted by Crippen LogP contribution is 2.31. The van der Waals surface area contributed by atoms with Crippen LogP contribution < -0.4 is 10.6 Å². The van der Waals surface area contributed by atoms with Crippen molar-refractivity contribution in [2.24, 2.45) is 0 Å². The van der Waals surface area contributed by atoms with Crippen molar-refractivity contribution in [3.8, 4) is 11.3 Å². The monoisotopic (exact) mass is 452 g/mol. The van der Waals surface area contributed by atoms with Gasteiger partial charge in [0.05, 0.1) is 29.4 Å². The van der Waals surface area contributed by atoms with Crippen LogP contribution in [0.1, 0.15) is 16.1 Å². The molecular formula is C20H15Cl3N2O4. The zero-order chi connectivity index (χ0) is 21.0. The Hall–Kier alpha value is -2.51. The molecule has 0 unspecified atom stereocenters. The first-order chi connectivity index (χ1) is 13.8. The molecule has 29 heavy (non-hydrogen) atoms. The van der Waals surface area contributed by atoms with Crippen LogP contribution in [0, 0.1) is 0 Å². The van der Waals surface area contributed by atoms with E-state index in [1.165, 1.54) is 18.2 Å². The predicted molar refractivity (Wildman–Crippen MR) is 113 cm³/mol. The Bertz CT molecular complexity index is 1070. The van der Waals surface area contributed by atoms with Crippen LogP contribution in [-0.2, 0) is 11.3 Å². The number of amides is 1. The lowest BCUT2D eigenvalue weighted by Gasteiger charge is -2.09. The van der Waals surface area contributed by atoms with Gasteiger partial charge in [-0.2, -0.15) is 0 Å². The van der Waals surface area contributed by atoms with Crippen molar-refractivity contribution in [3.63, 3.8) is 0 Å². The van der Waals surface area contributed by atoms with E-state index in [0.717, 1.165) is 0 Å². The molecule has 0 spiro atoms. The van der Waals surface area contributed by atoms with Gasteiger partial charge in [-0.3, -0.25) is 4.79 Å². The molecule has 3 aromatic rings. The van der Waals surface area contributed by atoms with E-state index in [1.807, 2.05) is 0 Å². The molecule has 0 saturated carbocycles. The van der Waals surface area contributed by atoms with Crippen molar-refractivity contribution in [1.29, 1.82) is 0 Å². The van der Waals surface area contributed by atoms with Gasteiger partial charge in [-0.15, -0.1) is 0 Å². The number of halogens is 3. The summed E-state index contributed by atoms with van der Waals surface area (Å²) in [4.78, 5) is 23.4. The molecule has 0 fully saturated rings. The molecule has 0 bridgehead atoms. The second-order valence-corrected chi connectivity index (χ2v) is 7.32. The SMILES string of the molecule is O=C(CNCc1ccc(-c2cc(Cl)ccc2Cl)o1)Nc1ccc(Cl)cc1C(=O)O. The molecule has 1 heterocycles. The van der Waals surface area contributed by atoms with E-state index < -0.39 is 11.9 Å². The van der Waals surface area contributed by atoms with Gasteiger partial charge in [0.1, 0.15) is 11.5 Å². The van der Waals surface area contributed by atoms with E-state index in [-0.39, 0.29) is 29.4 Å². The minimum atomic E-state index is -1.18. The lowest BCUT2D eigenvalue weighted by atomic mass is 10.2. The molecule has 3 N–H and O–H groups in total. The summed E-state index contributed by atoms with van der Waals surface area (Å²) in [6, 6.07) is 12.8. The highest BCUT2D eigenvalue weighted by Gasteiger charge is 2.14. The fraction of sp³-hybridized carbons (Fsp3) is 0.100. The molecule has 2 aromatic carbocycles. The second kappa shape index (κ2) is 9.33. The molecular weight excluding hydrogens is 439 g/mol. The van der Waals surface area contributed by atoms with E-state index in [2.05, 4.69) is 10.6 Å². The first-order valence-electron chi connectivity index (χ1n) is 8.41. The predicted octanol–water partition coefficient (Wildman–Crippen LogP) is 5.33. The van der Waals surface area contributed by atoms with Gasteiger partial charge >= 0.3 is 5.97 Å². The van der Waals surface area contributed by atoms with Crippen LogP contribution in [0.4, 0.5) is 5.69 Å². The summed E-state index contributed by atoms with van der Waals surface area (Å²) in [5, 5.41) is 16.0. The number of carbonyl (C=O) groups excluding carboxylic acids is 1. The zero-order valence-electron chi connectivity index (χ0n) is 14.8. The Morgan fingerprint density at radius 2 is 1.69 bits per heavy atom. The topological polar surface area (TPSA) is 91.6 Å². The Balaban J connectivity index is 1.57. The maximum absolute atomic E-state index is 12.1. The van der Waals surface area contributed by atoms with Crippen LogP contribution in [0.3, 0.4) is 0 Å². The Kier molecular flexibility index (Phi) is 6.82. The summed E-state index contributed by atoms with van der Waals surface area (Å²) in [5.41, 5.74) is 0.761. The van der Waals surface area contributed by atoms with Gasteiger partial charge in [0, 0.05) is 15.6 Å². The first kappa shape index (κ1) is 21.2. The van der Waals surface area contributed by atoms with Gasteiger partial charge < -0.3 is 20.2 Å². The molecule has 1 aromatic heterocycles. The summed E-state index contributed by atoms with van der Waals surface area (Å²) in [6.45, 7) is 0.244. The number of rotatable bonds is 7. The van der Waals surface area contributed by atoms with Gasteiger partial charge in [-0.05, 0) is 48.5 Å². The van der Waals surface area contributed by atoms with Crippen LogP contribution in [-0.4, -0.2) is 23.5 Å². The summed E-state index contributed by atoms with van der Waals surface area (Å²) in [6.07, 6.45) is 0. The van der Waals surface area contributed by atoms with Crippen LogP contribution in [0.25, 0.3) is 11.3 Å². The molecule has 1 amide bonds. The quantitative estimate of drug-likeness (QED) is 0.449. The molecule has 0 aliphatic carbocycles. The number of benzene rings is 2. The highest BCUT2D eigenvalue weighted by atomic mass is 35.5. The third-order valence-corrected chi connectivity index (χ3v) is 4.73. The second-order valence-electron chi connectivity index (χ2n) is 6.04. The van der Waals surface area contributed by atoms with Gasteiger partial charge in [-0.1, -0.05) is 34.8 Å². The van der Waals surface area contributed by atoms with E-state index in [9.17, 15) is 14.7 Å². The number of carboxylic acid groups (broad SMARTS) is 1. The first-order valence-corrected chi connectivity index (χ1v) is 9.54. The number of furan rings is 1. The maximum Gasteiger partial charge on any atom is 0.337 e. The number of hydrogen-bond acceptors (Lipinski definition) is 4. The molecule has 9 heteroatoms. The smallest absolute Gasteiger partial charge is 0.337 e. The summed E-state index contributed by atoms with van der Waals surface area (Å²) < 4.78 is 5.74. The van der Waals surface area contributed by atoms with Crippen molar-refractivity contribution in [2.45, 2.75) is 6.54 Å². The van der Waals surface area contributed by atoms with Crippen LogP contribution >= 0.6 is 34.8 Å². The maximum atomic E-state index is 12.1. The Morgan fingerprint density at radius 1 is 0.966 bits per heavy atom. The van der Waals surface area contributed by atoms with Crippen molar-refractivity contribution < 1.29 is 19.1 Å². The summed E-state index contributed by atoms with van der Waals surface area (Å²) in [7, 11) is 0. The Labute approximate surface area is 181 Å². The van der Waals surface area contributed by atoms with E-state index in [4.69, 9.17) is 39.2 Å². The molecule has 0 radical (unpaired) electrons. The number of anilines is 1. The minimum absolute atomic E-state index is 0.0460. The lowest BCUT2D eigenvalue weighted by Crippen LogP contribution is -2.28. The zero-order valence-corrected chi connectivity index (χ0v) is 17.1. The molecule has 0 saturated heterocycles. The molecule has 3 rings (SSSR count). The number of nitrogens with one attached hydrogen (secondary N) is 2. The van der Waals surface area contributed by atoms with Gasteiger partial charge in [-0.25, -0.2) is 4.79 Å². The average molecular weight is 454 g/mol. The van der Waals surface area contributed by atoms with E-state index in [0.29, 0.717) is 27.1 Å². The highest BCUT2D eigenvalue weighted by molar-refractivity contribution is 6.35. The fourth-order valence-electron chi connectivity index (χ4n) is 2.60. The van der Waals surface area contributed by atoms with Crippen molar-refractivity contribution >= 4 is 52.4 Å². The molecule has 0 atom stereocenters. The molecule has 150 valence electrons. The number of carbonyl (C=O) groups is 2. The Morgan fingerprint density at radius 3 is 2.45 bits per heavy atom. The molecule has 0 aliphatic heterocycles. The fourth-order valence-corrected chi connectivity index (χ4v) is 3.15. The standard InChI is InChI=1S/C20H15Cl3N2O4/c21-11-1-4-16(23)14(7-11)18-6-3-13(29-18)9-24-10-19(26)25-17-5-2-12(22)8-15(17)20(27)28/h1-8,24H,9-10H2,(H,25,26)(H,27,28). The van der Waals surface area contributed by atoms with Crippen molar-refractivity contribution in [2.75, 3.05) is 11.9 Å². The number of aromatic carboxylic acids is 1. The van der Waals surface area contributed by atoms with Crippen LogP contribution in [0.15, 0.2) is 52.9 Å². The summed E-state index contributed by atoms with van der Waals surface area (Å²) in [5.74, 6) is -0.425. The lowest BCUT2D eigenvalue weighted by molar-refractivity contribution is -0.115. The average Bonchev–Trinajstić information content (AvgIpc) is 3.13. The van der Waals surface area contributed by atoms with Gasteiger partial charge in [0.25, 0.3) is 0 Å². The van der Waals surface area contributed by atoms with Crippen LogP contribution in [0.5, 0.6) is 0 Å². The number of hydrogen-bond donors (Lipinski definition) is 3. The van der Waals surface area contributed by atoms with Crippen LogP contribution in [0.2, 0.25) is 15.1 Å². The van der Waals surface area contributed by atoms with Gasteiger partial charge in [0.15, 0.2) is 0 Å². The van der Waals surface area contributed by atoms with E-state index in [1.54, 1.807) is 30.3 Å². The summed E-state index contributed by atoms with van der Waals surface area (Å²) >= 11 is 18.0. The normalized spacial score (nSPS) is 10.7. The largest absolute Gasteiger partial charge is 0.478 e. The van der Waals surface area contributed by atoms with E-state index >= 15 is 0 Å². The van der Waals surface area contributed by atoms with Crippen molar-refractivity contribution in [3.05, 3.63) is 74.9 Å². The third kappa shape index (κ3) is 5.52. The molecule has 0 aliphatic rings.